The van der Waals surface area contributed by atoms with Gasteiger partial charge in [-0.05, 0) is 30.7 Å². The first-order valence-corrected chi connectivity index (χ1v) is 5.29. The van der Waals surface area contributed by atoms with Crippen LogP contribution in [0.3, 0.4) is 0 Å². The minimum Gasteiger partial charge on any atom is -0.495 e. The Balaban J connectivity index is 2.52. The van der Waals surface area contributed by atoms with Crippen LogP contribution in [-0.4, -0.2) is 19.7 Å². The molecule has 0 bridgehead atoms. The number of nitrogens with one attached hydrogen (secondary N) is 1. The molecule has 0 aromatic heterocycles. The van der Waals surface area contributed by atoms with Crippen LogP contribution in [0.15, 0.2) is 18.2 Å². The Kier molecular flexibility index (Phi) is 4.43. The highest BCUT2D eigenvalue weighted by Gasteiger charge is 2.00. The van der Waals surface area contributed by atoms with E-state index in [9.17, 15) is 0 Å². The fourth-order valence-corrected chi connectivity index (χ4v) is 1.44. The number of anilines is 1. The molecule has 0 spiro atoms. The normalized spacial score (nSPS) is 10.7. The van der Waals surface area contributed by atoms with Gasteiger partial charge in [-0.15, -0.1) is 0 Å². The zero-order chi connectivity index (χ0) is 11.3. The van der Waals surface area contributed by atoms with E-state index in [1.165, 1.54) is 5.56 Å². The Morgan fingerprint density at radius 1 is 1.40 bits per heavy atom. The van der Waals surface area contributed by atoms with E-state index in [1.807, 2.05) is 12.1 Å². The first kappa shape index (κ1) is 11.9. The Morgan fingerprint density at radius 3 is 2.67 bits per heavy atom. The second-order valence-electron chi connectivity index (χ2n) is 3.94. The van der Waals surface area contributed by atoms with Crippen molar-refractivity contribution in [1.29, 1.82) is 0 Å². The summed E-state index contributed by atoms with van der Waals surface area (Å²) in [5, 5.41) is 3.37. The summed E-state index contributed by atoms with van der Waals surface area (Å²) >= 11 is 0. The summed E-state index contributed by atoms with van der Waals surface area (Å²) in [6.07, 6.45) is 0.992. The van der Waals surface area contributed by atoms with E-state index >= 15 is 0 Å². The maximum Gasteiger partial charge on any atom is 0.141 e. The lowest BCUT2D eigenvalue weighted by atomic mass is 10.1. The molecule has 3 nitrogen and oxygen atoms in total. The molecule has 0 aliphatic rings. The van der Waals surface area contributed by atoms with E-state index < -0.39 is 0 Å². The van der Waals surface area contributed by atoms with Crippen LogP contribution in [0.4, 0.5) is 5.69 Å². The third-order valence-electron chi connectivity index (χ3n) is 2.26. The van der Waals surface area contributed by atoms with Crippen LogP contribution >= 0.6 is 0 Å². The number of nitrogens with two attached hydrogens (primary N) is 1. The molecule has 0 heterocycles. The molecule has 3 heteroatoms. The molecule has 1 rings (SSSR count). The third kappa shape index (κ3) is 3.80. The van der Waals surface area contributed by atoms with Crippen LogP contribution in [0.5, 0.6) is 5.75 Å². The molecule has 0 radical (unpaired) electrons. The summed E-state index contributed by atoms with van der Waals surface area (Å²) in [6.45, 7) is 5.26. The highest BCUT2D eigenvalue weighted by Crippen LogP contribution is 2.21. The summed E-state index contributed by atoms with van der Waals surface area (Å²) < 4.78 is 5.10. The van der Waals surface area contributed by atoms with Gasteiger partial charge in [-0.2, -0.15) is 0 Å². The van der Waals surface area contributed by atoms with Crippen LogP contribution in [0.25, 0.3) is 0 Å². The van der Waals surface area contributed by atoms with E-state index in [0.717, 1.165) is 18.7 Å². The molecule has 0 fully saturated rings. The average Bonchev–Trinajstić information content (AvgIpc) is 2.17. The molecule has 15 heavy (non-hydrogen) atoms. The molecular weight excluding hydrogens is 188 g/mol. The first-order valence-electron chi connectivity index (χ1n) is 5.29. The molecule has 0 saturated carbocycles. The minimum absolute atomic E-state index is 0.528. The monoisotopic (exact) mass is 208 g/mol. The quantitative estimate of drug-likeness (QED) is 0.726. The Bertz CT molecular complexity index is 310. The standard InChI is InChI=1S/C12H20N2O/c1-9(2)14-7-6-10-4-5-12(15-3)11(13)8-10/h4-5,8-9,14H,6-7,13H2,1-3H3. The highest BCUT2D eigenvalue weighted by molar-refractivity contribution is 5.54. The molecule has 1 aromatic carbocycles. The Morgan fingerprint density at radius 2 is 2.13 bits per heavy atom. The van der Waals surface area contributed by atoms with E-state index in [4.69, 9.17) is 10.5 Å². The molecule has 0 aliphatic heterocycles. The summed E-state index contributed by atoms with van der Waals surface area (Å²) in [5.41, 5.74) is 7.76. The lowest BCUT2D eigenvalue weighted by molar-refractivity contribution is 0.417. The van der Waals surface area contributed by atoms with Gasteiger partial charge in [-0.1, -0.05) is 19.9 Å². The van der Waals surface area contributed by atoms with Crippen molar-refractivity contribution in [3.05, 3.63) is 23.8 Å². The SMILES string of the molecule is COc1ccc(CCNC(C)C)cc1N. The summed E-state index contributed by atoms with van der Waals surface area (Å²) in [6, 6.07) is 6.47. The smallest absolute Gasteiger partial charge is 0.141 e. The van der Waals surface area contributed by atoms with E-state index in [1.54, 1.807) is 7.11 Å². The number of methoxy groups -OCH3 is 1. The lowest BCUT2D eigenvalue weighted by Crippen LogP contribution is -2.24. The van der Waals surface area contributed by atoms with Crippen molar-refractivity contribution in [2.45, 2.75) is 26.3 Å². The van der Waals surface area contributed by atoms with Crippen molar-refractivity contribution in [2.24, 2.45) is 0 Å². The molecule has 3 N–H and O–H groups in total. The minimum atomic E-state index is 0.528. The maximum absolute atomic E-state index is 5.82. The second kappa shape index (κ2) is 5.61. The van der Waals surface area contributed by atoms with Crippen LogP contribution in [0.2, 0.25) is 0 Å². The molecule has 0 unspecified atom stereocenters. The summed E-state index contributed by atoms with van der Waals surface area (Å²) in [4.78, 5) is 0. The Labute approximate surface area is 91.6 Å². The Hall–Kier alpha value is -1.22. The van der Waals surface area contributed by atoms with Crippen molar-refractivity contribution in [1.82, 2.24) is 5.32 Å². The largest absolute Gasteiger partial charge is 0.495 e. The van der Waals surface area contributed by atoms with Crippen LogP contribution in [0, 0.1) is 0 Å². The fourth-order valence-electron chi connectivity index (χ4n) is 1.44. The van der Waals surface area contributed by atoms with Gasteiger partial charge in [0.25, 0.3) is 0 Å². The van der Waals surface area contributed by atoms with Crippen LogP contribution in [-0.2, 0) is 6.42 Å². The maximum atomic E-state index is 5.82. The molecule has 1 aromatic rings. The van der Waals surface area contributed by atoms with Crippen molar-refractivity contribution in [2.75, 3.05) is 19.4 Å². The predicted molar refractivity (Wildman–Crippen MR) is 64.2 cm³/mol. The van der Waals surface area contributed by atoms with E-state index in [-0.39, 0.29) is 0 Å². The van der Waals surface area contributed by atoms with Gasteiger partial charge < -0.3 is 15.8 Å². The van der Waals surface area contributed by atoms with E-state index in [2.05, 4.69) is 25.2 Å². The molecular formula is C12H20N2O. The fraction of sp³-hybridized carbons (Fsp3) is 0.500. The molecule has 0 atom stereocenters. The number of hydrogen-bond donors (Lipinski definition) is 2. The van der Waals surface area contributed by atoms with Gasteiger partial charge >= 0.3 is 0 Å². The molecule has 0 aliphatic carbocycles. The lowest BCUT2D eigenvalue weighted by Gasteiger charge is -2.09. The number of rotatable bonds is 5. The van der Waals surface area contributed by atoms with Crippen LogP contribution < -0.4 is 15.8 Å². The number of benzene rings is 1. The third-order valence-corrected chi connectivity index (χ3v) is 2.26. The first-order chi connectivity index (χ1) is 7.13. The predicted octanol–water partition coefficient (Wildman–Crippen LogP) is 1.82. The van der Waals surface area contributed by atoms with Crippen molar-refractivity contribution in [3.63, 3.8) is 0 Å². The zero-order valence-corrected chi connectivity index (χ0v) is 9.71. The topological polar surface area (TPSA) is 47.3 Å². The van der Waals surface area contributed by atoms with Gasteiger partial charge in [0.1, 0.15) is 5.75 Å². The molecule has 0 amide bonds. The average molecular weight is 208 g/mol. The summed E-state index contributed by atoms with van der Waals surface area (Å²) in [7, 11) is 1.63. The number of nitrogen functional groups attached to an aromatic ring is 1. The van der Waals surface area contributed by atoms with Gasteiger partial charge in [-0.3, -0.25) is 0 Å². The van der Waals surface area contributed by atoms with Gasteiger partial charge in [0, 0.05) is 6.04 Å². The van der Waals surface area contributed by atoms with Gasteiger partial charge in [0.05, 0.1) is 12.8 Å². The van der Waals surface area contributed by atoms with E-state index in [0.29, 0.717) is 11.7 Å². The highest BCUT2D eigenvalue weighted by atomic mass is 16.5. The number of ether oxygens (including phenoxy) is 1. The number of hydrogen-bond acceptors (Lipinski definition) is 3. The van der Waals surface area contributed by atoms with Crippen molar-refractivity contribution >= 4 is 5.69 Å². The van der Waals surface area contributed by atoms with Gasteiger partial charge in [0.15, 0.2) is 0 Å². The summed E-state index contributed by atoms with van der Waals surface area (Å²) in [5.74, 6) is 0.746. The van der Waals surface area contributed by atoms with Gasteiger partial charge in [0.2, 0.25) is 0 Å². The molecule has 0 saturated heterocycles. The molecule has 84 valence electrons. The van der Waals surface area contributed by atoms with Crippen molar-refractivity contribution < 1.29 is 4.74 Å². The van der Waals surface area contributed by atoms with Gasteiger partial charge in [-0.25, -0.2) is 0 Å². The zero-order valence-electron chi connectivity index (χ0n) is 9.71. The van der Waals surface area contributed by atoms with Crippen molar-refractivity contribution in [3.8, 4) is 5.75 Å². The second-order valence-corrected chi connectivity index (χ2v) is 3.94. The van der Waals surface area contributed by atoms with Crippen LogP contribution in [0.1, 0.15) is 19.4 Å².